The van der Waals surface area contributed by atoms with Gasteiger partial charge in [0, 0.05) is 19.2 Å². The maximum Gasteiger partial charge on any atom is 0.227 e. The van der Waals surface area contributed by atoms with Crippen molar-refractivity contribution >= 4 is 0 Å². The van der Waals surface area contributed by atoms with Crippen LogP contribution in [0.1, 0.15) is 37.9 Å². The van der Waals surface area contributed by atoms with E-state index in [0.29, 0.717) is 25.4 Å². The molecule has 1 N–H and O–H groups in total. The Balaban J connectivity index is 2.04. The molecule has 0 bridgehead atoms. The van der Waals surface area contributed by atoms with Crippen LogP contribution >= 0.6 is 0 Å². The van der Waals surface area contributed by atoms with E-state index in [4.69, 9.17) is 4.74 Å². The summed E-state index contributed by atoms with van der Waals surface area (Å²) in [6.45, 7) is 7.70. The third-order valence-electron chi connectivity index (χ3n) is 5.10. The number of aromatic nitrogens is 2. The van der Waals surface area contributed by atoms with Gasteiger partial charge in [-0.2, -0.15) is 5.10 Å². The van der Waals surface area contributed by atoms with Gasteiger partial charge in [-0.1, -0.05) is 32.0 Å². The molecule has 0 saturated carbocycles. The van der Waals surface area contributed by atoms with Gasteiger partial charge in [-0.15, -0.1) is 0 Å². The van der Waals surface area contributed by atoms with E-state index < -0.39 is 17.7 Å². The molecule has 2 aromatic carbocycles. The van der Waals surface area contributed by atoms with Crippen LogP contribution in [0.15, 0.2) is 48.5 Å². The second kappa shape index (κ2) is 10.5. The van der Waals surface area contributed by atoms with Crippen LogP contribution in [0.4, 0.5) is 8.78 Å². The molecule has 3 rings (SSSR count). The summed E-state index contributed by atoms with van der Waals surface area (Å²) >= 11 is 0. The van der Waals surface area contributed by atoms with Crippen molar-refractivity contribution < 1.29 is 18.6 Å². The Hall–Kier alpha value is -2.77. The normalized spacial score (nSPS) is 12.4. The Kier molecular flexibility index (Phi) is 7.76. The molecule has 3 aromatic rings. The molecule has 1 unspecified atom stereocenters. The minimum atomic E-state index is -0.781. The van der Waals surface area contributed by atoms with E-state index in [1.807, 2.05) is 44.2 Å². The maximum atomic E-state index is 14.4. The van der Waals surface area contributed by atoms with Crippen molar-refractivity contribution in [1.82, 2.24) is 14.7 Å². The van der Waals surface area contributed by atoms with Gasteiger partial charge in [0.05, 0.1) is 23.0 Å². The number of hydrogen-bond donors (Lipinski definition) is 1. The summed E-state index contributed by atoms with van der Waals surface area (Å²) in [5.41, 5.74) is 2.31. The quantitative estimate of drug-likeness (QED) is 0.479. The Bertz CT molecular complexity index is 992. The van der Waals surface area contributed by atoms with Crippen LogP contribution in [0.25, 0.3) is 5.69 Å². The summed E-state index contributed by atoms with van der Waals surface area (Å²) in [7, 11) is 0. The van der Waals surface area contributed by atoms with Crippen molar-refractivity contribution in [3.05, 3.63) is 71.4 Å². The first-order valence-corrected chi connectivity index (χ1v) is 10.6. The Morgan fingerprint density at radius 2 is 1.87 bits per heavy atom. The number of aryl methyl sites for hydroxylation is 1. The zero-order valence-corrected chi connectivity index (χ0v) is 18.2. The fourth-order valence-corrected chi connectivity index (χ4v) is 3.43. The molecule has 166 valence electrons. The summed E-state index contributed by atoms with van der Waals surface area (Å²) in [5.74, 6) is -1.15. The Labute approximate surface area is 181 Å². The molecule has 0 aliphatic heterocycles. The van der Waals surface area contributed by atoms with E-state index in [9.17, 15) is 13.9 Å². The van der Waals surface area contributed by atoms with E-state index in [1.165, 1.54) is 6.07 Å². The Morgan fingerprint density at radius 3 is 2.52 bits per heavy atom. The molecule has 1 heterocycles. The lowest BCUT2D eigenvalue weighted by molar-refractivity contribution is 0.105. The van der Waals surface area contributed by atoms with Crippen LogP contribution < -0.4 is 4.74 Å². The van der Waals surface area contributed by atoms with Crippen molar-refractivity contribution in [2.75, 3.05) is 13.1 Å². The number of rotatable bonds is 10. The lowest BCUT2D eigenvalue weighted by Crippen LogP contribution is -2.32. The SMILES string of the molecule is CCCN(Cc1c(C)nn(-c2ccccc2)c1Oc1ccc(F)cc1F)CC(O)CC. The molecule has 1 atom stereocenters. The van der Waals surface area contributed by atoms with Crippen LogP contribution in [0.3, 0.4) is 0 Å². The summed E-state index contributed by atoms with van der Waals surface area (Å²) in [6, 6.07) is 12.7. The van der Waals surface area contributed by atoms with Gasteiger partial charge < -0.3 is 9.84 Å². The summed E-state index contributed by atoms with van der Waals surface area (Å²) in [5, 5.41) is 14.8. The summed E-state index contributed by atoms with van der Waals surface area (Å²) in [4.78, 5) is 2.14. The molecule has 0 radical (unpaired) electrons. The average Bonchev–Trinajstić information content (AvgIpc) is 3.06. The fraction of sp³-hybridized carbons (Fsp3) is 0.375. The number of ether oxygens (including phenoxy) is 1. The van der Waals surface area contributed by atoms with Crippen molar-refractivity contribution in [2.45, 2.75) is 46.3 Å². The number of benzene rings is 2. The number of hydrogen-bond acceptors (Lipinski definition) is 4. The zero-order valence-electron chi connectivity index (χ0n) is 18.2. The molecular weight excluding hydrogens is 400 g/mol. The molecule has 0 amide bonds. The smallest absolute Gasteiger partial charge is 0.227 e. The van der Waals surface area contributed by atoms with E-state index in [2.05, 4.69) is 16.9 Å². The first-order valence-electron chi connectivity index (χ1n) is 10.6. The Morgan fingerprint density at radius 1 is 1.13 bits per heavy atom. The van der Waals surface area contributed by atoms with Crippen molar-refractivity contribution in [1.29, 1.82) is 0 Å². The number of halogens is 2. The minimum absolute atomic E-state index is 0.0737. The molecule has 31 heavy (non-hydrogen) atoms. The van der Waals surface area contributed by atoms with Crippen LogP contribution in [0.2, 0.25) is 0 Å². The number of aliphatic hydroxyl groups excluding tert-OH is 1. The summed E-state index contributed by atoms with van der Waals surface area (Å²) in [6.07, 6.45) is 1.15. The third kappa shape index (κ3) is 5.68. The predicted octanol–water partition coefficient (Wildman–Crippen LogP) is 5.23. The highest BCUT2D eigenvalue weighted by atomic mass is 19.1. The van der Waals surface area contributed by atoms with E-state index in [1.54, 1.807) is 4.68 Å². The molecule has 0 aliphatic rings. The monoisotopic (exact) mass is 429 g/mol. The van der Waals surface area contributed by atoms with E-state index in [0.717, 1.165) is 42.0 Å². The lowest BCUT2D eigenvalue weighted by Gasteiger charge is -2.24. The predicted molar refractivity (Wildman–Crippen MR) is 117 cm³/mol. The van der Waals surface area contributed by atoms with E-state index >= 15 is 0 Å². The number of para-hydroxylation sites is 1. The van der Waals surface area contributed by atoms with Crippen molar-refractivity contribution in [3.63, 3.8) is 0 Å². The second-order valence-electron chi connectivity index (χ2n) is 7.59. The van der Waals surface area contributed by atoms with Crippen molar-refractivity contribution in [2.24, 2.45) is 0 Å². The van der Waals surface area contributed by atoms with Gasteiger partial charge in [0.15, 0.2) is 11.6 Å². The minimum Gasteiger partial charge on any atom is -0.435 e. The highest BCUT2D eigenvalue weighted by Crippen LogP contribution is 2.33. The second-order valence-corrected chi connectivity index (χ2v) is 7.59. The highest BCUT2D eigenvalue weighted by molar-refractivity contribution is 5.43. The molecule has 0 spiro atoms. The highest BCUT2D eigenvalue weighted by Gasteiger charge is 2.23. The van der Waals surface area contributed by atoms with Gasteiger partial charge in [-0.3, -0.25) is 4.90 Å². The van der Waals surface area contributed by atoms with Gasteiger partial charge in [-0.05, 0) is 50.6 Å². The first-order chi connectivity index (χ1) is 14.9. The third-order valence-corrected chi connectivity index (χ3v) is 5.10. The van der Waals surface area contributed by atoms with Crippen molar-refractivity contribution in [3.8, 4) is 17.3 Å². The van der Waals surface area contributed by atoms with Crippen LogP contribution in [0, 0.1) is 18.6 Å². The largest absolute Gasteiger partial charge is 0.435 e. The molecule has 0 aliphatic carbocycles. The molecule has 1 aromatic heterocycles. The van der Waals surface area contributed by atoms with Crippen LogP contribution in [-0.4, -0.2) is 39.0 Å². The molecule has 0 saturated heterocycles. The molecule has 5 nitrogen and oxygen atoms in total. The van der Waals surface area contributed by atoms with Gasteiger partial charge in [-0.25, -0.2) is 13.5 Å². The molecular formula is C24H29F2N3O2. The van der Waals surface area contributed by atoms with Gasteiger partial charge in [0.2, 0.25) is 5.88 Å². The number of nitrogens with zero attached hydrogens (tertiary/aromatic N) is 3. The molecule has 0 fully saturated rings. The van der Waals surface area contributed by atoms with Gasteiger partial charge in [0.1, 0.15) is 5.82 Å². The standard InChI is InChI=1S/C24H29F2N3O2/c1-4-13-28(15-20(30)5-2)16-21-17(3)27-29(19-9-7-6-8-10-19)24(21)31-23-12-11-18(25)14-22(23)26/h6-12,14,20,30H,4-5,13,15-16H2,1-3H3. The fourth-order valence-electron chi connectivity index (χ4n) is 3.43. The van der Waals surface area contributed by atoms with Crippen LogP contribution in [-0.2, 0) is 6.54 Å². The molecule has 7 heteroatoms. The maximum absolute atomic E-state index is 14.4. The van der Waals surface area contributed by atoms with Crippen LogP contribution in [0.5, 0.6) is 11.6 Å². The first kappa shape index (κ1) is 22.9. The summed E-state index contributed by atoms with van der Waals surface area (Å²) < 4.78 is 35.4. The zero-order chi connectivity index (χ0) is 22.4. The van der Waals surface area contributed by atoms with Gasteiger partial charge >= 0.3 is 0 Å². The number of aliphatic hydroxyl groups is 1. The lowest BCUT2D eigenvalue weighted by atomic mass is 10.2. The topological polar surface area (TPSA) is 50.5 Å². The average molecular weight is 430 g/mol. The van der Waals surface area contributed by atoms with E-state index in [-0.39, 0.29) is 5.75 Å². The van der Waals surface area contributed by atoms with Gasteiger partial charge in [0.25, 0.3) is 0 Å².